The number of hydrogen-bond acceptors (Lipinski definition) is 3. The maximum Gasteiger partial charge on any atom is 0.236 e. The monoisotopic (exact) mass is 356 g/mol. The summed E-state index contributed by atoms with van der Waals surface area (Å²) in [5, 5.41) is 9.14. The Morgan fingerprint density at radius 3 is 2.48 bits per heavy atom. The minimum Gasteiger partial charge on any atom is -0.395 e. The number of aliphatic hydroxyl groups is 1. The first-order chi connectivity index (χ1) is 9.93. The van der Waals surface area contributed by atoms with Crippen LogP contribution in [0.3, 0.4) is 0 Å². The molecule has 0 saturated heterocycles. The van der Waals surface area contributed by atoms with E-state index in [0.717, 1.165) is 12.0 Å². The highest BCUT2D eigenvalue weighted by molar-refractivity contribution is 9.10. The van der Waals surface area contributed by atoms with Gasteiger partial charge in [-0.2, -0.15) is 0 Å². The fourth-order valence-electron chi connectivity index (χ4n) is 2.09. The van der Waals surface area contributed by atoms with E-state index in [1.807, 2.05) is 30.3 Å². The van der Waals surface area contributed by atoms with Crippen molar-refractivity contribution >= 4 is 21.8 Å². The van der Waals surface area contributed by atoms with Crippen molar-refractivity contribution in [1.82, 2.24) is 4.90 Å². The van der Waals surface area contributed by atoms with E-state index in [9.17, 15) is 4.79 Å². The first kappa shape index (κ1) is 18.1. The lowest BCUT2D eigenvalue weighted by Gasteiger charge is -2.28. The fourth-order valence-corrected chi connectivity index (χ4v) is 3.13. The Labute approximate surface area is 135 Å². The summed E-state index contributed by atoms with van der Waals surface area (Å²) in [6.45, 7) is 4.90. The molecule has 0 heterocycles. The van der Waals surface area contributed by atoms with E-state index in [1.165, 1.54) is 0 Å². The zero-order valence-corrected chi connectivity index (χ0v) is 14.3. The van der Waals surface area contributed by atoms with E-state index < -0.39 is 6.04 Å². The molecule has 1 aromatic rings. The normalized spacial score (nSPS) is 14.0. The summed E-state index contributed by atoms with van der Waals surface area (Å²) >= 11 is 3.48. The van der Waals surface area contributed by atoms with Crippen molar-refractivity contribution in [1.29, 1.82) is 0 Å². The SMILES string of the molecule is CC(C)CC(Br)C(=O)N(Cc1ccccc1)CC(N)CO. The number of alkyl halides is 1. The summed E-state index contributed by atoms with van der Waals surface area (Å²) in [4.78, 5) is 14.1. The molecule has 3 N–H and O–H groups in total. The number of nitrogens with zero attached hydrogens (tertiary/aromatic N) is 1. The van der Waals surface area contributed by atoms with Gasteiger partial charge in [0.2, 0.25) is 5.91 Å². The molecule has 0 spiro atoms. The smallest absolute Gasteiger partial charge is 0.236 e. The van der Waals surface area contributed by atoms with Crippen LogP contribution in [0, 0.1) is 5.92 Å². The quantitative estimate of drug-likeness (QED) is 0.701. The average Bonchev–Trinajstić information content (AvgIpc) is 2.46. The van der Waals surface area contributed by atoms with Crippen LogP contribution in [0.2, 0.25) is 0 Å². The van der Waals surface area contributed by atoms with Gasteiger partial charge in [-0.25, -0.2) is 0 Å². The average molecular weight is 357 g/mol. The Kier molecular flexibility index (Phi) is 7.93. The van der Waals surface area contributed by atoms with Gasteiger partial charge < -0.3 is 15.7 Å². The molecule has 118 valence electrons. The molecule has 0 fully saturated rings. The Balaban J connectivity index is 2.78. The number of amides is 1. The van der Waals surface area contributed by atoms with Gasteiger partial charge in [0.15, 0.2) is 0 Å². The molecule has 1 amide bonds. The summed E-state index contributed by atoms with van der Waals surface area (Å²) in [5.74, 6) is 0.458. The molecule has 0 aromatic heterocycles. The molecule has 0 aliphatic rings. The molecule has 21 heavy (non-hydrogen) atoms. The minimum atomic E-state index is -0.420. The molecule has 0 aliphatic carbocycles. The van der Waals surface area contributed by atoms with Crippen LogP contribution in [0.25, 0.3) is 0 Å². The highest BCUT2D eigenvalue weighted by atomic mass is 79.9. The number of rotatable bonds is 8. The summed E-state index contributed by atoms with van der Waals surface area (Å²) in [6.07, 6.45) is 0.776. The van der Waals surface area contributed by atoms with Crippen LogP contribution >= 0.6 is 15.9 Å². The van der Waals surface area contributed by atoms with Gasteiger partial charge in [0.1, 0.15) is 0 Å². The maximum absolute atomic E-state index is 12.6. The van der Waals surface area contributed by atoms with Crippen molar-refractivity contribution in [2.24, 2.45) is 11.7 Å². The highest BCUT2D eigenvalue weighted by Crippen LogP contribution is 2.17. The van der Waals surface area contributed by atoms with Gasteiger partial charge in [0, 0.05) is 19.1 Å². The van der Waals surface area contributed by atoms with E-state index in [1.54, 1.807) is 4.90 Å². The molecule has 0 radical (unpaired) electrons. The van der Waals surface area contributed by atoms with Crippen molar-refractivity contribution in [3.63, 3.8) is 0 Å². The third-order valence-electron chi connectivity index (χ3n) is 3.16. The topological polar surface area (TPSA) is 66.6 Å². The van der Waals surface area contributed by atoms with Gasteiger partial charge >= 0.3 is 0 Å². The lowest BCUT2D eigenvalue weighted by molar-refractivity contribution is -0.131. The van der Waals surface area contributed by atoms with Crippen LogP contribution in [0.5, 0.6) is 0 Å². The van der Waals surface area contributed by atoms with Crippen LogP contribution in [0.15, 0.2) is 30.3 Å². The number of halogens is 1. The zero-order valence-electron chi connectivity index (χ0n) is 12.7. The van der Waals surface area contributed by atoms with Gasteiger partial charge in [0.05, 0.1) is 11.4 Å². The molecule has 1 rings (SSSR count). The second-order valence-electron chi connectivity index (χ2n) is 5.74. The Morgan fingerprint density at radius 1 is 1.33 bits per heavy atom. The molecule has 2 atom stereocenters. The molecule has 2 unspecified atom stereocenters. The fraction of sp³-hybridized carbons (Fsp3) is 0.562. The molecule has 0 aliphatic heterocycles. The number of carbonyl (C=O) groups excluding carboxylic acids is 1. The highest BCUT2D eigenvalue weighted by Gasteiger charge is 2.24. The minimum absolute atomic E-state index is 0.0245. The molecular weight excluding hydrogens is 332 g/mol. The number of aliphatic hydroxyl groups excluding tert-OH is 1. The lowest BCUT2D eigenvalue weighted by Crippen LogP contribution is -2.45. The van der Waals surface area contributed by atoms with Gasteiger partial charge in [0.25, 0.3) is 0 Å². The largest absolute Gasteiger partial charge is 0.395 e. The number of nitrogens with two attached hydrogens (primary N) is 1. The number of benzene rings is 1. The van der Waals surface area contributed by atoms with E-state index in [4.69, 9.17) is 10.8 Å². The van der Waals surface area contributed by atoms with E-state index in [-0.39, 0.29) is 17.3 Å². The molecule has 4 nitrogen and oxygen atoms in total. The van der Waals surface area contributed by atoms with Crippen LogP contribution in [0.1, 0.15) is 25.8 Å². The van der Waals surface area contributed by atoms with Crippen LogP contribution < -0.4 is 5.73 Å². The summed E-state index contributed by atoms with van der Waals surface area (Å²) in [6, 6.07) is 9.39. The molecule has 0 bridgehead atoms. The standard InChI is InChI=1S/C16H25BrN2O2/c1-12(2)8-15(17)16(21)19(10-14(18)11-20)9-13-6-4-3-5-7-13/h3-7,12,14-15,20H,8-11,18H2,1-2H3. The van der Waals surface area contributed by atoms with Crippen LogP contribution in [0.4, 0.5) is 0 Å². The number of carbonyl (C=O) groups is 1. The summed E-state index contributed by atoms with van der Waals surface area (Å²) < 4.78 is 0. The van der Waals surface area contributed by atoms with Crippen molar-refractivity contribution in [3.05, 3.63) is 35.9 Å². The van der Waals surface area contributed by atoms with Gasteiger partial charge in [-0.3, -0.25) is 4.79 Å². The summed E-state index contributed by atoms with van der Waals surface area (Å²) in [5.41, 5.74) is 6.86. The van der Waals surface area contributed by atoms with Crippen molar-refractivity contribution < 1.29 is 9.90 Å². The molecule has 5 heteroatoms. The third kappa shape index (κ3) is 6.59. The second kappa shape index (κ2) is 9.18. The Morgan fingerprint density at radius 2 is 1.95 bits per heavy atom. The Hall–Kier alpha value is -0.910. The Bertz CT molecular complexity index is 426. The second-order valence-corrected chi connectivity index (χ2v) is 6.85. The van der Waals surface area contributed by atoms with Gasteiger partial charge in [-0.1, -0.05) is 60.1 Å². The van der Waals surface area contributed by atoms with E-state index in [0.29, 0.717) is 19.0 Å². The first-order valence-electron chi connectivity index (χ1n) is 7.27. The van der Waals surface area contributed by atoms with Crippen molar-refractivity contribution in [2.45, 2.75) is 37.7 Å². The van der Waals surface area contributed by atoms with Crippen LogP contribution in [-0.2, 0) is 11.3 Å². The van der Waals surface area contributed by atoms with Gasteiger partial charge in [-0.15, -0.1) is 0 Å². The maximum atomic E-state index is 12.6. The molecular formula is C16H25BrN2O2. The third-order valence-corrected chi connectivity index (χ3v) is 3.93. The van der Waals surface area contributed by atoms with E-state index >= 15 is 0 Å². The first-order valence-corrected chi connectivity index (χ1v) is 8.18. The molecule has 0 saturated carbocycles. The predicted octanol–water partition coefficient (Wildman–Crippen LogP) is 2.14. The number of hydrogen-bond donors (Lipinski definition) is 2. The molecule has 1 aromatic carbocycles. The van der Waals surface area contributed by atoms with Crippen molar-refractivity contribution in [2.75, 3.05) is 13.2 Å². The zero-order chi connectivity index (χ0) is 15.8. The lowest BCUT2D eigenvalue weighted by atomic mass is 10.1. The van der Waals surface area contributed by atoms with Crippen molar-refractivity contribution in [3.8, 4) is 0 Å². The predicted molar refractivity (Wildman–Crippen MR) is 89.1 cm³/mol. The summed E-state index contributed by atoms with van der Waals surface area (Å²) in [7, 11) is 0. The van der Waals surface area contributed by atoms with Gasteiger partial charge in [-0.05, 0) is 17.9 Å². The van der Waals surface area contributed by atoms with E-state index in [2.05, 4.69) is 29.8 Å². The van der Waals surface area contributed by atoms with Crippen LogP contribution in [-0.4, -0.2) is 39.9 Å².